The summed E-state index contributed by atoms with van der Waals surface area (Å²) in [6, 6.07) is 8.48. The minimum absolute atomic E-state index is 0.0299. The van der Waals surface area contributed by atoms with Crippen molar-refractivity contribution >= 4 is 23.6 Å². The number of hydrogen-bond donors (Lipinski definition) is 2. The van der Waals surface area contributed by atoms with Gasteiger partial charge in [-0.2, -0.15) is 11.8 Å². The Hall–Kier alpha value is -1.89. The minimum atomic E-state index is 0.0299. The summed E-state index contributed by atoms with van der Waals surface area (Å²) in [7, 11) is 1.80. The smallest absolute Gasteiger partial charge is 0.225 e. The van der Waals surface area contributed by atoms with Crippen LogP contribution in [-0.2, 0) is 4.79 Å². The minimum Gasteiger partial charge on any atom is -0.489 e. The Morgan fingerprint density at radius 3 is 2.50 bits per heavy atom. The molecule has 2 fully saturated rings. The second-order valence-corrected chi connectivity index (χ2v) is 9.55. The first-order valence-electron chi connectivity index (χ1n) is 11.1. The summed E-state index contributed by atoms with van der Waals surface area (Å²) in [5.74, 6) is 4.42. The van der Waals surface area contributed by atoms with Crippen molar-refractivity contribution in [3.05, 3.63) is 29.8 Å². The highest BCUT2D eigenvalue weighted by Crippen LogP contribution is 2.27. The molecule has 1 aliphatic heterocycles. The number of guanidine groups is 1. The highest BCUT2D eigenvalue weighted by Gasteiger charge is 2.30. The van der Waals surface area contributed by atoms with Gasteiger partial charge in [-0.25, -0.2) is 0 Å². The monoisotopic (exact) mass is 432 g/mol. The second-order valence-electron chi connectivity index (χ2n) is 8.33. The van der Waals surface area contributed by atoms with Crippen molar-refractivity contribution in [2.24, 2.45) is 10.9 Å². The van der Waals surface area contributed by atoms with Gasteiger partial charge in [0.1, 0.15) is 11.9 Å². The number of ether oxygens (including phenoxy) is 1. The van der Waals surface area contributed by atoms with Crippen LogP contribution < -0.4 is 15.4 Å². The Bertz CT molecular complexity index is 696. The summed E-state index contributed by atoms with van der Waals surface area (Å²) in [4.78, 5) is 19.2. The van der Waals surface area contributed by atoms with E-state index in [1.807, 2.05) is 23.9 Å². The number of amides is 1. The number of nitrogens with one attached hydrogen (secondary N) is 2. The molecule has 0 bridgehead atoms. The van der Waals surface area contributed by atoms with E-state index in [0.29, 0.717) is 18.5 Å². The van der Waals surface area contributed by atoms with Crippen LogP contribution in [-0.4, -0.2) is 67.1 Å². The fourth-order valence-electron chi connectivity index (χ4n) is 4.05. The Balaban J connectivity index is 1.37. The first-order chi connectivity index (χ1) is 14.5. The predicted octanol–water partition coefficient (Wildman–Crippen LogP) is 3.06. The number of benzene rings is 1. The van der Waals surface area contributed by atoms with E-state index in [1.54, 1.807) is 7.05 Å². The number of thioether (sulfide) groups is 1. The molecule has 1 unspecified atom stereocenters. The van der Waals surface area contributed by atoms with Crippen molar-refractivity contribution in [1.82, 2.24) is 15.5 Å². The van der Waals surface area contributed by atoms with Crippen LogP contribution in [0.15, 0.2) is 29.3 Å². The summed E-state index contributed by atoms with van der Waals surface area (Å²) in [5.41, 5.74) is 1.23. The first kappa shape index (κ1) is 22.8. The summed E-state index contributed by atoms with van der Waals surface area (Å²) in [6.07, 6.45) is 3.97. The van der Waals surface area contributed by atoms with Gasteiger partial charge >= 0.3 is 0 Å². The molecule has 0 aromatic heterocycles. The summed E-state index contributed by atoms with van der Waals surface area (Å²) in [5, 5.41) is 6.90. The number of nitrogens with zero attached hydrogens (tertiary/aromatic N) is 2. The predicted molar refractivity (Wildman–Crippen MR) is 125 cm³/mol. The van der Waals surface area contributed by atoms with Crippen LogP contribution in [0.5, 0.6) is 5.75 Å². The van der Waals surface area contributed by atoms with Crippen LogP contribution in [0.3, 0.4) is 0 Å². The highest BCUT2D eigenvalue weighted by atomic mass is 32.2. The molecule has 1 saturated heterocycles. The zero-order valence-electron chi connectivity index (χ0n) is 18.5. The van der Waals surface area contributed by atoms with Gasteiger partial charge in [0.2, 0.25) is 5.91 Å². The van der Waals surface area contributed by atoms with E-state index in [1.165, 1.54) is 5.56 Å². The van der Waals surface area contributed by atoms with Crippen LogP contribution >= 0.6 is 11.8 Å². The number of aliphatic imine (C=N–C) groups is 1. The summed E-state index contributed by atoms with van der Waals surface area (Å²) in [6.45, 7) is 6.63. The van der Waals surface area contributed by atoms with Crippen LogP contribution in [0.2, 0.25) is 0 Å². The third-order valence-corrected chi connectivity index (χ3v) is 6.82. The fraction of sp³-hybridized carbons (Fsp3) is 0.652. The number of aryl methyl sites for hydroxylation is 1. The standard InChI is InChI=1S/C23H36N4O2S/c1-17-4-10-21(11-5-17)29-18(2)16-25-23(24-3)26-20-8-6-19(7-9-20)22(28)27-12-14-30-15-13-27/h4-5,10-11,18-20H,6-9,12-16H2,1-3H3,(H2,24,25,26). The van der Waals surface area contributed by atoms with Gasteiger partial charge in [0.05, 0.1) is 6.54 Å². The zero-order chi connectivity index (χ0) is 21.3. The average Bonchev–Trinajstić information content (AvgIpc) is 2.78. The molecule has 1 aliphatic carbocycles. The quantitative estimate of drug-likeness (QED) is 0.534. The number of rotatable bonds is 6. The van der Waals surface area contributed by atoms with Gasteiger partial charge in [0.15, 0.2) is 5.96 Å². The first-order valence-corrected chi connectivity index (χ1v) is 12.3. The molecule has 1 aromatic rings. The lowest BCUT2D eigenvalue weighted by Gasteiger charge is -2.34. The molecule has 2 N–H and O–H groups in total. The Labute approximate surface area is 185 Å². The topological polar surface area (TPSA) is 66.0 Å². The summed E-state index contributed by atoms with van der Waals surface area (Å²) < 4.78 is 5.96. The Morgan fingerprint density at radius 2 is 1.87 bits per heavy atom. The lowest BCUT2D eigenvalue weighted by molar-refractivity contribution is -0.136. The molecular weight excluding hydrogens is 396 g/mol. The van der Waals surface area contributed by atoms with Gasteiger partial charge in [0.25, 0.3) is 0 Å². The van der Waals surface area contributed by atoms with Crippen LogP contribution in [0.25, 0.3) is 0 Å². The molecule has 1 amide bonds. The van der Waals surface area contributed by atoms with E-state index in [4.69, 9.17) is 4.74 Å². The second kappa shape index (κ2) is 11.5. The van der Waals surface area contributed by atoms with Gasteiger partial charge in [-0.05, 0) is 51.7 Å². The van der Waals surface area contributed by atoms with Gasteiger partial charge in [-0.1, -0.05) is 17.7 Å². The molecule has 166 valence electrons. The van der Waals surface area contributed by atoms with Crippen molar-refractivity contribution in [1.29, 1.82) is 0 Å². The summed E-state index contributed by atoms with van der Waals surface area (Å²) >= 11 is 1.95. The maximum absolute atomic E-state index is 12.7. The van der Waals surface area contributed by atoms with Gasteiger partial charge in [-0.3, -0.25) is 9.79 Å². The maximum Gasteiger partial charge on any atom is 0.225 e. The highest BCUT2D eigenvalue weighted by molar-refractivity contribution is 7.99. The van der Waals surface area contributed by atoms with E-state index < -0.39 is 0 Å². The van der Waals surface area contributed by atoms with Gasteiger partial charge in [-0.15, -0.1) is 0 Å². The van der Waals surface area contributed by atoms with E-state index in [9.17, 15) is 4.79 Å². The lowest BCUT2D eigenvalue weighted by Crippen LogP contribution is -2.48. The number of carbonyl (C=O) groups is 1. The molecular formula is C23H36N4O2S. The molecule has 6 nitrogen and oxygen atoms in total. The largest absolute Gasteiger partial charge is 0.489 e. The van der Waals surface area contributed by atoms with E-state index in [2.05, 4.69) is 46.5 Å². The zero-order valence-corrected chi connectivity index (χ0v) is 19.3. The Kier molecular flexibility index (Phi) is 8.73. The molecule has 0 spiro atoms. The van der Waals surface area contributed by atoms with Gasteiger partial charge < -0.3 is 20.3 Å². The lowest BCUT2D eigenvalue weighted by atomic mass is 9.85. The molecule has 3 rings (SSSR count). The molecule has 0 radical (unpaired) electrons. The van der Waals surface area contributed by atoms with Crippen molar-refractivity contribution in [2.75, 3.05) is 38.2 Å². The normalized spacial score (nSPS) is 23.6. The number of hydrogen-bond acceptors (Lipinski definition) is 4. The molecule has 30 heavy (non-hydrogen) atoms. The van der Waals surface area contributed by atoms with Crippen LogP contribution in [0, 0.1) is 12.8 Å². The van der Waals surface area contributed by atoms with E-state index in [-0.39, 0.29) is 12.0 Å². The average molecular weight is 433 g/mol. The van der Waals surface area contributed by atoms with Crippen molar-refractivity contribution < 1.29 is 9.53 Å². The fourth-order valence-corrected chi connectivity index (χ4v) is 4.95. The maximum atomic E-state index is 12.7. The van der Waals surface area contributed by atoms with Crippen LogP contribution in [0.1, 0.15) is 38.2 Å². The van der Waals surface area contributed by atoms with Gasteiger partial charge in [0, 0.05) is 43.6 Å². The third-order valence-electron chi connectivity index (χ3n) is 5.88. The third kappa shape index (κ3) is 6.83. The molecule has 1 aromatic carbocycles. The number of carbonyl (C=O) groups excluding carboxylic acids is 1. The van der Waals surface area contributed by atoms with E-state index >= 15 is 0 Å². The van der Waals surface area contributed by atoms with E-state index in [0.717, 1.165) is 62.0 Å². The molecule has 7 heteroatoms. The molecule has 1 saturated carbocycles. The molecule has 1 heterocycles. The SMILES string of the molecule is CN=C(NCC(C)Oc1ccc(C)cc1)NC1CCC(C(=O)N2CCSCC2)CC1. The molecule has 2 aliphatic rings. The Morgan fingerprint density at radius 1 is 1.20 bits per heavy atom. The van der Waals surface area contributed by atoms with Crippen molar-refractivity contribution in [3.63, 3.8) is 0 Å². The van der Waals surface area contributed by atoms with Crippen LogP contribution in [0.4, 0.5) is 0 Å². The molecule has 1 atom stereocenters. The van der Waals surface area contributed by atoms with Crippen molar-refractivity contribution in [2.45, 2.75) is 51.7 Å². The van der Waals surface area contributed by atoms with Crippen molar-refractivity contribution in [3.8, 4) is 5.75 Å².